The summed E-state index contributed by atoms with van der Waals surface area (Å²) in [5.74, 6) is -14.3. The average Bonchev–Trinajstić information content (AvgIpc) is 2.61. The summed E-state index contributed by atoms with van der Waals surface area (Å²) in [5.41, 5.74) is -5.49. The Morgan fingerprint density at radius 3 is 1.78 bits per heavy atom. The van der Waals surface area contributed by atoms with Crippen molar-refractivity contribution >= 4 is 27.1 Å². The molecular formula is C14H5F8NO2S2. The van der Waals surface area contributed by atoms with Gasteiger partial charge in [-0.05, 0) is 24.4 Å². The molecule has 0 radical (unpaired) electrons. The number of benzene rings is 2. The van der Waals surface area contributed by atoms with E-state index in [1.54, 1.807) is 0 Å². The Balaban J connectivity index is 2.57. The number of nitrogens with zero attached hydrogens (tertiary/aromatic N) is 1. The van der Waals surface area contributed by atoms with Crippen LogP contribution in [0.4, 0.5) is 35.1 Å². The minimum Gasteiger partial charge on any atom is -0.423 e. The summed E-state index contributed by atoms with van der Waals surface area (Å²) in [6.45, 7) is 0. The van der Waals surface area contributed by atoms with Gasteiger partial charge < -0.3 is 4.74 Å². The number of hydrogen-bond acceptors (Lipinski definition) is 3. The normalized spacial score (nSPS) is 13.8. The maximum atomic E-state index is 13.5. The van der Waals surface area contributed by atoms with Gasteiger partial charge in [0, 0.05) is 0 Å². The molecule has 0 aliphatic heterocycles. The number of halogens is 8. The molecule has 0 aromatic heterocycles. The summed E-state index contributed by atoms with van der Waals surface area (Å²) in [6, 6.07) is 5.10. The standard InChI is InChI=1S/C14H5F8NO2S2/c15-7-8(16)10(18)12(11(19)9(7)17)25-13(26)23-27(24,14(20,21)22)6-4-2-1-3-5-6/h1-5H. The predicted octanol–water partition coefficient (Wildman–Crippen LogP) is 5.09. The molecule has 27 heavy (non-hydrogen) atoms. The summed E-state index contributed by atoms with van der Waals surface area (Å²) in [7, 11) is -5.31. The maximum Gasteiger partial charge on any atom is 0.484 e. The van der Waals surface area contributed by atoms with Gasteiger partial charge >= 0.3 is 5.51 Å². The monoisotopic (exact) mass is 435 g/mol. The fourth-order valence-electron chi connectivity index (χ4n) is 1.73. The van der Waals surface area contributed by atoms with Gasteiger partial charge in [-0.3, -0.25) is 0 Å². The molecule has 13 heteroatoms. The SMILES string of the molecule is O=S(=NC(=S)Oc1c(F)c(F)c(F)c(F)c1F)(c1ccccc1)C(F)(F)F. The van der Waals surface area contributed by atoms with E-state index in [0.717, 1.165) is 24.3 Å². The Labute approximate surface area is 151 Å². The van der Waals surface area contributed by atoms with Gasteiger partial charge in [-0.2, -0.15) is 22.0 Å². The van der Waals surface area contributed by atoms with Crippen LogP contribution in [0.1, 0.15) is 0 Å². The van der Waals surface area contributed by atoms with Crippen LogP contribution in [0.2, 0.25) is 0 Å². The zero-order valence-electron chi connectivity index (χ0n) is 12.5. The van der Waals surface area contributed by atoms with Crippen molar-refractivity contribution in [1.82, 2.24) is 0 Å². The van der Waals surface area contributed by atoms with Crippen LogP contribution < -0.4 is 4.74 Å². The van der Waals surface area contributed by atoms with E-state index >= 15 is 0 Å². The van der Waals surface area contributed by atoms with Gasteiger partial charge in [0.05, 0.1) is 4.90 Å². The molecule has 2 aromatic rings. The first-order valence-electron chi connectivity index (χ1n) is 6.52. The topological polar surface area (TPSA) is 38.7 Å². The van der Waals surface area contributed by atoms with Gasteiger partial charge in [0.2, 0.25) is 34.8 Å². The molecule has 0 aliphatic carbocycles. The van der Waals surface area contributed by atoms with E-state index < -0.39 is 60.1 Å². The van der Waals surface area contributed by atoms with Gasteiger partial charge in [0.25, 0.3) is 5.17 Å². The van der Waals surface area contributed by atoms with Crippen molar-refractivity contribution in [2.45, 2.75) is 10.4 Å². The first-order valence-corrected chi connectivity index (χ1v) is 8.44. The lowest BCUT2D eigenvalue weighted by molar-refractivity contribution is -0.0402. The van der Waals surface area contributed by atoms with Crippen molar-refractivity contribution < 1.29 is 44.1 Å². The highest BCUT2D eigenvalue weighted by Crippen LogP contribution is 2.34. The minimum absolute atomic E-state index is 0.792. The maximum absolute atomic E-state index is 13.5. The van der Waals surface area contributed by atoms with E-state index in [1.807, 2.05) is 0 Å². The molecule has 2 aromatic carbocycles. The number of hydrogen-bond donors (Lipinski definition) is 0. The molecule has 0 bridgehead atoms. The third-order valence-electron chi connectivity index (χ3n) is 2.94. The lowest BCUT2D eigenvalue weighted by Gasteiger charge is -2.14. The Morgan fingerprint density at radius 2 is 1.33 bits per heavy atom. The van der Waals surface area contributed by atoms with Crippen LogP contribution in [0.3, 0.4) is 0 Å². The van der Waals surface area contributed by atoms with E-state index in [4.69, 9.17) is 0 Å². The van der Waals surface area contributed by atoms with Crippen molar-refractivity contribution in [2.24, 2.45) is 4.36 Å². The first-order chi connectivity index (χ1) is 12.4. The van der Waals surface area contributed by atoms with Gasteiger partial charge in [-0.1, -0.05) is 18.2 Å². The highest BCUT2D eigenvalue weighted by atomic mass is 32.2. The molecule has 2 rings (SSSR count). The van der Waals surface area contributed by atoms with Gasteiger partial charge in [-0.15, -0.1) is 4.36 Å². The van der Waals surface area contributed by atoms with Crippen LogP contribution in [-0.4, -0.2) is 14.9 Å². The molecule has 0 N–H and O–H groups in total. The number of rotatable bonds is 2. The molecule has 3 nitrogen and oxygen atoms in total. The van der Waals surface area contributed by atoms with Crippen LogP contribution in [0.25, 0.3) is 0 Å². The quantitative estimate of drug-likeness (QED) is 0.286. The molecule has 0 saturated carbocycles. The summed E-state index contributed by atoms with van der Waals surface area (Å²) < 4.78 is 125. The van der Waals surface area contributed by atoms with Gasteiger partial charge in [-0.25, -0.2) is 17.4 Å². The molecule has 1 atom stereocenters. The third-order valence-corrected chi connectivity index (χ3v) is 5.19. The van der Waals surface area contributed by atoms with Crippen LogP contribution >= 0.6 is 12.2 Å². The molecule has 0 aliphatic rings. The van der Waals surface area contributed by atoms with Crippen molar-refractivity contribution in [3.63, 3.8) is 0 Å². The molecule has 1 unspecified atom stereocenters. The lowest BCUT2D eigenvalue weighted by Crippen LogP contribution is -2.25. The fourth-order valence-corrected chi connectivity index (χ4v) is 3.38. The Kier molecular flexibility index (Phi) is 5.75. The molecular weight excluding hydrogens is 430 g/mol. The first kappa shape index (κ1) is 21.0. The summed E-state index contributed by atoms with van der Waals surface area (Å²) in [5, 5.41) is -1.65. The predicted molar refractivity (Wildman–Crippen MR) is 80.8 cm³/mol. The van der Waals surface area contributed by atoms with Crippen LogP contribution in [0.15, 0.2) is 39.6 Å². The molecule has 0 fully saturated rings. The van der Waals surface area contributed by atoms with Crippen molar-refractivity contribution in [3.8, 4) is 5.75 Å². The van der Waals surface area contributed by atoms with E-state index in [0.29, 0.717) is 0 Å². The molecule has 0 spiro atoms. The van der Waals surface area contributed by atoms with E-state index in [9.17, 15) is 39.3 Å². The Morgan fingerprint density at radius 1 is 0.889 bits per heavy atom. The van der Waals surface area contributed by atoms with Crippen molar-refractivity contribution in [3.05, 3.63) is 59.4 Å². The zero-order valence-corrected chi connectivity index (χ0v) is 14.1. The zero-order chi connectivity index (χ0) is 20.6. The minimum atomic E-state index is -5.49. The summed E-state index contributed by atoms with van der Waals surface area (Å²) >= 11 is 4.25. The molecule has 0 heterocycles. The summed E-state index contributed by atoms with van der Waals surface area (Å²) in [4.78, 5) is -0.860. The highest BCUT2D eigenvalue weighted by Gasteiger charge is 2.45. The Bertz CT molecular complexity index is 985. The van der Waals surface area contributed by atoms with E-state index in [2.05, 4.69) is 21.3 Å². The molecule has 0 saturated heterocycles. The second kappa shape index (κ2) is 7.38. The van der Waals surface area contributed by atoms with Crippen LogP contribution in [-0.2, 0) is 9.73 Å². The third kappa shape index (κ3) is 3.88. The lowest BCUT2D eigenvalue weighted by atomic mass is 10.3. The number of thiocarbonyl (C=S) groups is 1. The van der Waals surface area contributed by atoms with E-state index in [-0.39, 0.29) is 0 Å². The van der Waals surface area contributed by atoms with Crippen LogP contribution in [0, 0.1) is 29.1 Å². The Hall–Kier alpha value is -2.28. The number of ether oxygens (including phenoxy) is 1. The molecule has 146 valence electrons. The second-order valence-corrected chi connectivity index (χ2v) is 7.16. The summed E-state index contributed by atoms with van der Waals surface area (Å²) in [6.07, 6.45) is 0. The average molecular weight is 435 g/mol. The molecule has 0 amide bonds. The second-order valence-electron chi connectivity index (χ2n) is 4.64. The fraction of sp³-hybridized carbons (Fsp3) is 0.0714. The highest BCUT2D eigenvalue weighted by molar-refractivity contribution is 7.95. The van der Waals surface area contributed by atoms with Gasteiger partial charge in [0.1, 0.15) is 0 Å². The largest absolute Gasteiger partial charge is 0.484 e. The van der Waals surface area contributed by atoms with Crippen molar-refractivity contribution in [1.29, 1.82) is 0 Å². The van der Waals surface area contributed by atoms with Gasteiger partial charge in [0.15, 0.2) is 9.73 Å². The van der Waals surface area contributed by atoms with Crippen LogP contribution in [0.5, 0.6) is 5.75 Å². The van der Waals surface area contributed by atoms with Crippen molar-refractivity contribution in [2.75, 3.05) is 0 Å². The number of alkyl halides is 3. The van der Waals surface area contributed by atoms with E-state index in [1.165, 1.54) is 6.07 Å². The smallest absolute Gasteiger partial charge is 0.423 e.